The van der Waals surface area contributed by atoms with Crippen molar-refractivity contribution in [3.63, 3.8) is 0 Å². The van der Waals surface area contributed by atoms with E-state index in [0.717, 1.165) is 11.1 Å². The SMILES string of the molecule is COc1ccc(NCc2ccc(Cl)cc2C)c([N+](=O)[O-])c1. The second-order valence-electron chi connectivity index (χ2n) is 4.56. The molecule has 0 saturated carbocycles. The Kier molecular flexibility index (Phi) is 4.65. The molecule has 0 aliphatic rings. The summed E-state index contributed by atoms with van der Waals surface area (Å²) in [6, 6.07) is 10.3. The molecule has 0 bridgehead atoms. The van der Waals surface area contributed by atoms with Crippen LogP contribution in [0.5, 0.6) is 5.75 Å². The van der Waals surface area contributed by atoms with Crippen LogP contribution in [0.25, 0.3) is 0 Å². The second kappa shape index (κ2) is 6.45. The number of halogens is 1. The zero-order valence-electron chi connectivity index (χ0n) is 11.7. The number of anilines is 1. The summed E-state index contributed by atoms with van der Waals surface area (Å²) in [7, 11) is 1.48. The van der Waals surface area contributed by atoms with E-state index >= 15 is 0 Å². The minimum atomic E-state index is -0.431. The van der Waals surface area contributed by atoms with Crippen LogP contribution in [-0.2, 0) is 6.54 Å². The minimum Gasteiger partial charge on any atom is -0.496 e. The first kappa shape index (κ1) is 15.1. The van der Waals surface area contributed by atoms with Gasteiger partial charge in [-0.1, -0.05) is 17.7 Å². The number of aryl methyl sites for hydroxylation is 1. The summed E-state index contributed by atoms with van der Waals surface area (Å²) in [6.07, 6.45) is 0. The molecule has 2 aromatic rings. The van der Waals surface area contributed by atoms with Crippen LogP contribution in [-0.4, -0.2) is 12.0 Å². The van der Waals surface area contributed by atoms with Crippen LogP contribution in [0.15, 0.2) is 36.4 Å². The fraction of sp³-hybridized carbons (Fsp3) is 0.200. The molecule has 0 unspecified atom stereocenters. The van der Waals surface area contributed by atoms with Gasteiger partial charge in [-0.3, -0.25) is 10.1 Å². The fourth-order valence-electron chi connectivity index (χ4n) is 1.99. The number of methoxy groups -OCH3 is 1. The highest BCUT2D eigenvalue weighted by Gasteiger charge is 2.15. The van der Waals surface area contributed by atoms with E-state index < -0.39 is 4.92 Å². The normalized spacial score (nSPS) is 10.2. The smallest absolute Gasteiger partial charge is 0.296 e. The molecule has 0 aromatic heterocycles. The first-order chi connectivity index (χ1) is 10.0. The number of nitro benzene ring substituents is 1. The molecule has 2 aromatic carbocycles. The highest BCUT2D eigenvalue weighted by Crippen LogP contribution is 2.29. The van der Waals surface area contributed by atoms with Gasteiger partial charge in [0, 0.05) is 11.6 Å². The van der Waals surface area contributed by atoms with E-state index in [1.165, 1.54) is 13.2 Å². The molecule has 2 rings (SSSR count). The van der Waals surface area contributed by atoms with E-state index in [4.69, 9.17) is 16.3 Å². The molecule has 0 heterocycles. The number of rotatable bonds is 5. The van der Waals surface area contributed by atoms with Crippen molar-refractivity contribution in [1.82, 2.24) is 0 Å². The van der Waals surface area contributed by atoms with E-state index in [-0.39, 0.29) is 5.69 Å². The highest BCUT2D eigenvalue weighted by atomic mass is 35.5. The third-order valence-electron chi connectivity index (χ3n) is 3.18. The van der Waals surface area contributed by atoms with Crippen molar-refractivity contribution in [2.24, 2.45) is 0 Å². The van der Waals surface area contributed by atoms with Gasteiger partial charge in [0.15, 0.2) is 0 Å². The third kappa shape index (κ3) is 3.64. The molecule has 0 atom stereocenters. The maximum atomic E-state index is 11.1. The van der Waals surface area contributed by atoms with E-state index in [2.05, 4.69) is 5.32 Å². The predicted molar refractivity (Wildman–Crippen MR) is 83.2 cm³/mol. The van der Waals surface area contributed by atoms with Crippen LogP contribution >= 0.6 is 11.6 Å². The molecule has 0 amide bonds. The Hall–Kier alpha value is -2.27. The van der Waals surface area contributed by atoms with Crippen molar-refractivity contribution in [2.75, 3.05) is 12.4 Å². The summed E-state index contributed by atoms with van der Waals surface area (Å²) in [5.74, 6) is 0.454. The molecule has 110 valence electrons. The number of nitrogens with zero attached hydrogens (tertiary/aromatic N) is 1. The van der Waals surface area contributed by atoms with E-state index in [0.29, 0.717) is 23.0 Å². The quantitative estimate of drug-likeness (QED) is 0.665. The zero-order chi connectivity index (χ0) is 15.4. The second-order valence-corrected chi connectivity index (χ2v) is 5.00. The van der Waals surface area contributed by atoms with Crippen LogP contribution in [0.3, 0.4) is 0 Å². The first-order valence-corrected chi connectivity index (χ1v) is 6.70. The van der Waals surface area contributed by atoms with E-state index in [9.17, 15) is 10.1 Å². The number of ether oxygens (including phenoxy) is 1. The number of hydrogen-bond donors (Lipinski definition) is 1. The molecule has 0 radical (unpaired) electrons. The molecule has 1 N–H and O–H groups in total. The fourth-order valence-corrected chi connectivity index (χ4v) is 2.21. The molecule has 0 fully saturated rings. The minimum absolute atomic E-state index is 0.0130. The van der Waals surface area contributed by atoms with Gasteiger partial charge in [-0.2, -0.15) is 0 Å². The molecule has 21 heavy (non-hydrogen) atoms. The van der Waals surface area contributed by atoms with Gasteiger partial charge < -0.3 is 10.1 Å². The van der Waals surface area contributed by atoms with Crippen molar-refractivity contribution in [3.05, 3.63) is 62.7 Å². The van der Waals surface area contributed by atoms with E-state index in [1.807, 2.05) is 19.1 Å². The van der Waals surface area contributed by atoms with Crippen molar-refractivity contribution < 1.29 is 9.66 Å². The summed E-state index contributed by atoms with van der Waals surface area (Å²) in [5, 5.41) is 14.9. The maximum Gasteiger partial charge on any atom is 0.296 e. The molecule has 6 heteroatoms. The third-order valence-corrected chi connectivity index (χ3v) is 3.41. The number of nitrogens with one attached hydrogen (secondary N) is 1. The Morgan fingerprint density at radius 3 is 2.67 bits per heavy atom. The topological polar surface area (TPSA) is 64.4 Å². The lowest BCUT2D eigenvalue weighted by Gasteiger charge is -2.10. The van der Waals surface area contributed by atoms with Gasteiger partial charge in [-0.15, -0.1) is 0 Å². The van der Waals surface area contributed by atoms with Gasteiger partial charge in [0.2, 0.25) is 0 Å². The lowest BCUT2D eigenvalue weighted by atomic mass is 10.1. The summed E-state index contributed by atoms with van der Waals surface area (Å²) in [4.78, 5) is 10.7. The van der Waals surface area contributed by atoms with Crippen molar-refractivity contribution in [3.8, 4) is 5.75 Å². The summed E-state index contributed by atoms with van der Waals surface area (Å²) in [5.41, 5.74) is 2.51. The molecule has 0 saturated heterocycles. The molecular weight excluding hydrogens is 292 g/mol. The number of hydrogen-bond acceptors (Lipinski definition) is 4. The Balaban J connectivity index is 2.21. The molecular formula is C15H15ClN2O3. The zero-order valence-corrected chi connectivity index (χ0v) is 12.5. The summed E-state index contributed by atoms with van der Waals surface area (Å²) >= 11 is 5.91. The van der Waals surface area contributed by atoms with Crippen LogP contribution in [0, 0.1) is 17.0 Å². The van der Waals surface area contributed by atoms with Crippen LogP contribution in [0.1, 0.15) is 11.1 Å². The lowest BCUT2D eigenvalue weighted by Crippen LogP contribution is -2.04. The van der Waals surface area contributed by atoms with Crippen molar-refractivity contribution in [1.29, 1.82) is 0 Å². The molecule has 0 spiro atoms. The molecule has 0 aliphatic heterocycles. The van der Waals surface area contributed by atoms with Gasteiger partial charge in [0.1, 0.15) is 11.4 Å². The first-order valence-electron chi connectivity index (χ1n) is 6.32. The highest BCUT2D eigenvalue weighted by molar-refractivity contribution is 6.30. The molecule has 0 aliphatic carbocycles. The average molecular weight is 307 g/mol. The maximum absolute atomic E-state index is 11.1. The largest absolute Gasteiger partial charge is 0.496 e. The van der Waals surface area contributed by atoms with Gasteiger partial charge >= 0.3 is 0 Å². The Morgan fingerprint density at radius 1 is 1.29 bits per heavy atom. The van der Waals surface area contributed by atoms with Crippen molar-refractivity contribution >= 4 is 23.0 Å². The molecule has 5 nitrogen and oxygen atoms in total. The monoisotopic (exact) mass is 306 g/mol. The average Bonchev–Trinajstić information content (AvgIpc) is 2.46. The predicted octanol–water partition coefficient (Wildman–Crippen LogP) is 4.18. The van der Waals surface area contributed by atoms with Crippen molar-refractivity contribution in [2.45, 2.75) is 13.5 Å². The van der Waals surface area contributed by atoms with E-state index in [1.54, 1.807) is 18.2 Å². The van der Waals surface area contributed by atoms with Gasteiger partial charge in [0.25, 0.3) is 5.69 Å². The Bertz CT molecular complexity index is 674. The number of benzene rings is 2. The van der Waals surface area contributed by atoms with Crippen LogP contribution in [0.2, 0.25) is 5.02 Å². The summed E-state index contributed by atoms with van der Waals surface area (Å²) < 4.78 is 5.01. The Morgan fingerprint density at radius 2 is 2.05 bits per heavy atom. The standard InChI is InChI=1S/C15H15ClN2O3/c1-10-7-12(16)4-3-11(10)9-17-14-6-5-13(21-2)8-15(14)18(19)20/h3-8,17H,9H2,1-2H3. The van der Waals surface area contributed by atoms with Gasteiger partial charge in [-0.05, 0) is 42.3 Å². The lowest BCUT2D eigenvalue weighted by molar-refractivity contribution is -0.384. The van der Waals surface area contributed by atoms with Crippen LogP contribution in [0.4, 0.5) is 11.4 Å². The number of nitro groups is 1. The summed E-state index contributed by atoms with van der Waals surface area (Å²) in [6.45, 7) is 2.43. The van der Waals surface area contributed by atoms with Crippen LogP contribution < -0.4 is 10.1 Å². The van der Waals surface area contributed by atoms with Gasteiger partial charge in [-0.25, -0.2) is 0 Å². The Labute approximate surface area is 127 Å². The van der Waals surface area contributed by atoms with Gasteiger partial charge in [0.05, 0.1) is 18.1 Å².